The molecule has 2 heterocycles. The van der Waals surface area contributed by atoms with Crippen LogP contribution in [0.2, 0.25) is 0 Å². The van der Waals surface area contributed by atoms with E-state index in [1.807, 2.05) is 0 Å². The van der Waals surface area contributed by atoms with Crippen molar-refractivity contribution in [3.8, 4) is 0 Å². The second-order valence-corrected chi connectivity index (χ2v) is 7.29. The summed E-state index contributed by atoms with van der Waals surface area (Å²) in [6.07, 6.45) is 3.93. The third-order valence-electron chi connectivity index (χ3n) is 4.42. The third kappa shape index (κ3) is 4.01. The van der Waals surface area contributed by atoms with Gasteiger partial charge in [0.15, 0.2) is 0 Å². The van der Waals surface area contributed by atoms with Crippen molar-refractivity contribution >= 4 is 34.1 Å². The summed E-state index contributed by atoms with van der Waals surface area (Å²) in [6.45, 7) is 3.28. The molecule has 2 amide bonds. The van der Waals surface area contributed by atoms with Crippen LogP contribution in [-0.4, -0.2) is 43.5 Å². The molecule has 136 valence electrons. The summed E-state index contributed by atoms with van der Waals surface area (Å²) in [4.78, 5) is 37.7. The highest BCUT2D eigenvalue weighted by Crippen LogP contribution is 2.38. The highest BCUT2D eigenvalue weighted by Gasteiger charge is 2.29. The summed E-state index contributed by atoms with van der Waals surface area (Å²) < 4.78 is 5.18. The van der Waals surface area contributed by atoms with Gasteiger partial charge in [-0.25, -0.2) is 4.79 Å². The number of fused-ring (bicyclic) bond motifs is 1. The molecule has 0 aromatic carbocycles. The Kier molecular flexibility index (Phi) is 5.70. The standard InChI is InChI=1S/C17H23N3O4S/c1-2-24-17(23)14-10-5-3-4-6-12(10)25-16(14)20-13(21)9-11-15(22)19-8-7-18-11/h11,18H,2-9H2,1H3,(H,19,22)(H,20,21). The normalized spacial score (nSPS) is 19.7. The van der Waals surface area contributed by atoms with Crippen molar-refractivity contribution in [2.24, 2.45) is 0 Å². The van der Waals surface area contributed by atoms with Gasteiger partial charge in [0.2, 0.25) is 11.8 Å². The predicted octanol–water partition coefficient (Wildman–Crippen LogP) is 1.22. The highest BCUT2D eigenvalue weighted by molar-refractivity contribution is 7.17. The summed E-state index contributed by atoms with van der Waals surface area (Å²) in [5.74, 6) is -0.832. The molecule has 8 heteroatoms. The van der Waals surface area contributed by atoms with Gasteiger partial charge < -0.3 is 20.7 Å². The Morgan fingerprint density at radius 1 is 1.28 bits per heavy atom. The van der Waals surface area contributed by atoms with Crippen LogP contribution in [0.4, 0.5) is 5.00 Å². The molecule has 0 radical (unpaired) electrons. The van der Waals surface area contributed by atoms with Crippen molar-refractivity contribution < 1.29 is 19.1 Å². The van der Waals surface area contributed by atoms with Crippen molar-refractivity contribution in [3.05, 3.63) is 16.0 Å². The monoisotopic (exact) mass is 365 g/mol. The fourth-order valence-corrected chi connectivity index (χ4v) is 4.54. The van der Waals surface area contributed by atoms with Crippen LogP contribution in [0, 0.1) is 0 Å². The maximum Gasteiger partial charge on any atom is 0.341 e. The SMILES string of the molecule is CCOC(=O)c1c(NC(=O)CC2NCCNC2=O)sc2c1CCCC2. The Morgan fingerprint density at radius 3 is 2.84 bits per heavy atom. The molecule has 1 aliphatic heterocycles. The number of hydrogen-bond donors (Lipinski definition) is 3. The minimum absolute atomic E-state index is 0.0384. The first-order chi connectivity index (χ1) is 12.1. The van der Waals surface area contributed by atoms with Crippen LogP contribution in [0.1, 0.15) is 47.0 Å². The summed E-state index contributed by atoms with van der Waals surface area (Å²) in [7, 11) is 0. The average Bonchev–Trinajstić information content (AvgIpc) is 2.95. The summed E-state index contributed by atoms with van der Waals surface area (Å²) in [5, 5.41) is 9.15. The van der Waals surface area contributed by atoms with Crippen LogP contribution in [0.5, 0.6) is 0 Å². The van der Waals surface area contributed by atoms with Gasteiger partial charge in [-0.3, -0.25) is 9.59 Å². The number of piperazine rings is 1. The molecule has 2 aliphatic rings. The van der Waals surface area contributed by atoms with Crippen LogP contribution in [-0.2, 0) is 27.2 Å². The molecule has 25 heavy (non-hydrogen) atoms. The first-order valence-corrected chi connectivity index (χ1v) is 9.54. The summed E-state index contributed by atoms with van der Waals surface area (Å²) in [6, 6.07) is -0.533. The third-order valence-corrected chi connectivity index (χ3v) is 5.63. The van der Waals surface area contributed by atoms with Crippen molar-refractivity contribution in [2.75, 3.05) is 25.0 Å². The van der Waals surface area contributed by atoms with Crippen molar-refractivity contribution in [3.63, 3.8) is 0 Å². The zero-order valence-corrected chi connectivity index (χ0v) is 15.1. The molecule has 7 nitrogen and oxygen atoms in total. The highest BCUT2D eigenvalue weighted by atomic mass is 32.1. The number of carbonyl (C=O) groups is 3. The predicted molar refractivity (Wildman–Crippen MR) is 95.0 cm³/mol. The van der Waals surface area contributed by atoms with E-state index in [1.165, 1.54) is 11.3 Å². The van der Waals surface area contributed by atoms with Gasteiger partial charge in [0.1, 0.15) is 5.00 Å². The van der Waals surface area contributed by atoms with Crippen molar-refractivity contribution in [1.29, 1.82) is 0 Å². The zero-order valence-electron chi connectivity index (χ0n) is 14.3. The van der Waals surface area contributed by atoms with E-state index in [9.17, 15) is 14.4 Å². The summed E-state index contributed by atoms with van der Waals surface area (Å²) in [5.41, 5.74) is 1.51. The van der Waals surface area contributed by atoms with E-state index < -0.39 is 6.04 Å². The van der Waals surface area contributed by atoms with Crippen molar-refractivity contribution in [2.45, 2.75) is 45.1 Å². The van der Waals surface area contributed by atoms with Crippen LogP contribution in [0.3, 0.4) is 0 Å². The number of carbonyl (C=O) groups excluding carboxylic acids is 3. The second-order valence-electron chi connectivity index (χ2n) is 6.19. The molecular formula is C17H23N3O4S. The first kappa shape index (κ1) is 17.9. The molecule has 1 aromatic heterocycles. The lowest BCUT2D eigenvalue weighted by atomic mass is 9.95. The van der Waals surface area contributed by atoms with E-state index in [2.05, 4.69) is 16.0 Å². The average molecular weight is 365 g/mol. The van der Waals surface area contributed by atoms with Gasteiger partial charge in [0.05, 0.1) is 24.6 Å². The first-order valence-electron chi connectivity index (χ1n) is 8.72. The van der Waals surface area contributed by atoms with E-state index in [4.69, 9.17) is 4.74 Å². The Morgan fingerprint density at radius 2 is 2.08 bits per heavy atom. The molecule has 1 aliphatic carbocycles. The molecule has 1 aromatic rings. The Labute approximate surface area is 150 Å². The largest absolute Gasteiger partial charge is 0.462 e. The fourth-order valence-electron chi connectivity index (χ4n) is 3.25. The van der Waals surface area contributed by atoms with Crippen LogP contribution < -0.4 is 16.0 Å². The van der Waals surface area contributed by atoms with Gasteiger partial charge in [0.25, 0.3) is 0 Å². The molecule has 1 atom stereocenters. The lowest BCUT2D eigenvalue weighted by Gasteiger charge is -2.22. The second kappa shape index (κ2) is 7.97. The minimum Gasteiger partial charge on any atom is -0.462 e. The number of nitrogens with one attached hydrogen (secondary N) is 3. The maximum atomic E-state index is 12.4. The molecule has 0 bridgehead atoms. The van der Waals surface area contributed by atoms with Crippen LogP contribution >= 0.6 is 11.3 Å². The quantitative estimate of drug-likeness (QED) is 0.682. The molecule has 3 N–H and O–H groups in total. The number of esters is 1. The van der Waals surface area contributed by atoms with E-state index in [-0.39, 0.29) is 24.2 Å². The van der Waals surface area contributed by atoms with E-state index in [0.29, 0.717) is 30.3 Å². The molecule has 0 saturated carbocycles. The van der Waals surface area contributed by atoms with E-state index in [1.54, 1.807) is 6.92 Å². The fraction of sp³-hybridized carbons (Fsp3) is 0.588. The molecule has 3 rings (SSSR count). The number of thiophene rings is 1. The van der Waals surface area contributed by atoms with E-state index >= 15 is 0 Å². The number of amides is 2. The van der Waals surface area contributed by atoms with Gasteiger partial charge in [0, 0.05) is 18.0 Å². The Hall–Kier alpha value is -1.93. The van der Waals surface area contributed by atoms with Gasteiger partial charge >= 0.3 is 5.97 Å². The molecular weight excluding hydrogens is 342 g/mol. The number of rotatable bonds is 5. The topological polar surface area (TPSA) is 96.5 Å². The number of anilines is 1. The molecule has 0 spiro atoms. The van der Waals surface area contributed by atoms with Gasteiger partial charge in [-0.15, -0.1) is 11.3 Å². The van der Waals surface area contributed by atoms with Crippen molar-refractivity contribution in [1.82, 2.24) is 10.6 Å². The minimum atomic E-state index is -0.533. The van der Waals surface area contributed by atoms with Gasteiger partial charge in [-0.05, 0) is 38.2 Å². The zero-order chi connectivity index (χ0) is 17.8. The lowest BCUT2D eigenvalue weighted by Crippen LogP contribution is -2.53. The summed E-state index contributed by atoms with van der Waals surface area (Å²) >= 11 is 1.45. The van der Waals surface area contributed by atoms with Crippen LogP contribution in [0.25, 0.3) is 0 Å². The number of ether oxygens (including phenoxy) is 1. The number of hydrogen-bond acceptors (Lipinski definition) is 6. The maximum absolute atomic E-state index is 12.4. The Bertz CT molecular complexity index is 686. The molecule has 1 fully saturated rings. The number of aryl methyl sites for hydroxylation is 1. The Balaban J connectivity index is 1.76. The van der Waals surface area contributed by atoms with Gasteiger partial charge in [-0.1, -0.05) is 0 Å². The van der Waals surface area contributed by atoms with Crippen LogP contribution in [0.15, 0.2) is 0 Å². The van der Waals surface area contributed by atoms with E-state index in [0.717, 1.165) is 36.1 Å². The smallest absolute Gasteiger partial charge is 0.341 e. The lowest BCUT2D eigenvalue weighted by molar-refractivity contribution is -0.127. The van der Waals surface area contributed by atoms with Gasteiger partial charge in [-0.2, -0.15) is 0 Å². The molecule has 1 unspecified atom stereocenters. The molecule has 1 saturated heterocycles.